The summed E-state index contributed by atoms with van der Waals surface area (Å²) in [5, 5.41) is 4.17. The van der Waals surface area contributed by atoms with Gasteiger partial charge in [-0.1, -0.05) is 66.2 Å². The molecular weight excluding hydrogens is 431 g/mol. The molecule has 0 fully saturated rings. The summed E-state index contributed by atoms with van der Waals surface area (Å²) in [4.78, 5) is 18.2. The van der Waals surface area contributed by atoms with Crippen LogP contribution in [0.4, 0.5) is 9.52 Å². The van der Waals surface area contributed by atoms with E-state index >= 15 is 0 Å². The van der Waals surface area contributed by atoms with Gasteiger partial charge in [-0.25, -0.2) is 9.37 Å². The molecule has 31 heavy (non-hydrogen) atoms. The van der Waals surface area contributed by atoms with E-state index in [9.17, 15) is 9.18 Å². The van der Waals surface area contributed by atoms with Crippen molar-refractivity contribution in [3.63, 3.8) is 0 Å². The minimum absolute atomic E-state index is 0.137. The molecule has 0 aliphatic rings. The Morgan fingerprint density at radius 1 is 1.00 bits per heavy atom. The highest BCUT2D eigenvalue weighted by Gasteiger charge is 2.19. The number of aromatic nitrogens is 1. The van der Waals surface area contributed by atoms with Gasteiger partial charge in [0.25, 0.3) is 0 Å². The first-order valence-corrected chi connectivity index (χ1v) is 11.1. The lowest BCUT2D eigenvalue weighted by atomic mass is 9.88. The SMILES string of the molecule is O=C(CC(c1ccccc1)c1ccc(F)cc1)Nc1ncc(Cc2cccc(Cl)c2)s1. The smallest absolute Gasteiger partial charge is 0.227 e. The van der Waals surface area contributed by atoms with Gasteiger partial charge in [0, 0.05) is 34.9 Å². The number of benzene rings is 3. The van der Waals surface area contributed by atoms with E-state index in [1.165, 1.54) is 23.5 Å². The molecular formula is C25H20ClFN2OS. The Labute approximate surface area is 189 Å². The van der Waals surface area contributed by atoms with Crippen molar-refractivity contribution in [2.24, 2.45) is 0 Å². The van der Waals surface area contributed by atoms with Crippen molar-refractivity contribution in [2.75, 3.05) is 5.32 Å². The molecule has 1 heterocycles. The standard InChI is InChI=1S/C25H20ClFN2OS/c26-20-8-4-5-17(13-20)14-22-16-28-25(31-22)29-24(30)15-23(18-6-2-1-3-7-18)19-9-11-21(27)12-10-19/h1-13,16,23H,14-15H2,(H,28,29,30). The van der Waals surface area contributed by atoms with E-state index in [0.29, 0.717) is 16.6 Å². The molecule has 3 nitrogen and oxygen atoms in total. The quantitative estimate of drug-likeness (QED) is 0.341. The van der Waals surface area contributed by atoms with Crippen LogP contribution in [0.1, 0.15) is 33.9 Å². The first kappa shape index (κ1) is 21.2. The predicted molar refractivity (Wildman–Crippen MR) is 124 cm³/mol. The van der Waals surface area contributed by atoms with Gasteiger partial charge in [0.2, 0.25) is 5.91 Å². The Bertz CT molecular complexity index is 1160. The molecule has 3 aromatic carbocycles. The summed E-state index contributed by atoms with van der Waals surface area (Å²) >= 11 is 7.50. The van der Waals surface area contributed by atoms with Crippen LogP contribution in [0.5, 0.6) is 0 Å². The number of amides is 1. The molecule has 0 spiro atoms. The molecule has 1 amide bonds. The number of halogens is 2. The number of hydrogen-bond acceptors (Lipinski definition) is 3. The zero-order chi connectivity index (χ0) is 21.6. The highest BCUT2D eigenvalue weighted by molar-refractivity contribution is 7.15. The summed E-state index contributed by atoms with van der Waals surface area (Å²) in [5.74, 6) is -0.607. The first-order chi connectivity index (χ1) is 15.1. The van der Waals surface area contributed by atoms with Crippen molar-refractivity contribution in [3.8, 4) is 0 Å². The average molecular weight is 451 g/mol. The summed E-state index contributed by atoms with van der Waals surface area (Å²) in [6.45, 7) is 0. The fraction of sp³-hybridized carbons (Fsp3) is 0.120. The summed E-state index contributed by atoms with van der Waals surface area (Å²) in [5.41, 5.74) is 2.99. The maximum Gasteiger partial charge on any atom is 0.227 e. The third-order valence-electron chi connectivity index (χ3n) is 4.93. The molecule has 0 radical (unpaired) electrons. The second kappa shape index (κ2) is 9.86. The van der Waals surface area contributed by atoms with Crippen molar-refractivity contribution < 1.29 is 9.18 Å². The summed E-state index contributed by atoms with van der Waals surface area (Å²) in [6.07, 6.45) is 2.71. The Morgan fingerprint density at radius 3 is 2.48 bits per heavy atom. The van der Waals surface area contributed by atoms with Gasteiger partial charge in [0.15, 0.2) is 5.13 Å². The van der Waals surface area contributed by atoms with Crippen molar-refractivity contribution in [1.82, 2.24) is 4.98 Å². The third kappa shape index (κ3) is 5.78. The molecule has 0 saturated carbocycles. The minimum Gasteiger partial charge on any atom is -0.302 e. The molecule has 1 atom stereocenters. The maximum absolute atomic E-state index is 13.4. The number of carbonyl (C=O) groups is 1. The lowest BCUT2D eigenvalue weighted by Gasteiger charge is -2.17. The molecule has 156 valence electrons. The van der Waals surface area contributed by atoms with E-state index in [-0.39, 0.29) is 24.1 Å². The molecule has 1 aromatic heterocycles. The number of anilines is 1. The van der Waals surface area contributed by atoms with Crippen LogP contribution >= 0.6 is 22.9 Å². The summed E-state index contributed by atoms with van der Waals surface area (Å²) in [7, 11) is 0. The molecule has 1 N–H and O–H groups in total. The van der Waals surface area contributed by atoms with Crippen molar-refractivity contribution in [3.05, 3.63) is 117 Å². The number of hydrogen-bond donors (Lipinski definition) is 1. The second-order valence-electron chi connectivity index (χ2n) is 7.21. The van der Waals surface area contributed by atoms with Gasteiger partial charge in [0.1, 0.15) is 5.82 Å². The largest absolute Gasteiger partial charge is 0.302 e. The normalized spacial score (nSPS) is 11.8. The minimum atomic E-state index is -0.296. The van der Waals surface area contributed by atoms with E-state index < -0.39 is 0 Å². The van der Waals surface area contributed by atoms with Crippen LogP contribution < -0.4 is 5.32 Å². The van der Waals surface area contributed by atoms with Gasteiger partial charge in [0.05, 0.1) is 0 Å². The lowest BCUT2D eigenvalue weighted by molar-refractivity contribution is -0.116. The zero-order valence-corrected chi connectivity index (χ0v) is 18.2. The van der Waals surface area contributed by atoms with Crippen LogP contribution in [0.15, 0.2) is 85.1 Å². The lowest BCUT2D eigenvalue weighted by Crippen LogP contribution is -2.16. The highest BCUT2D eigenvalue weighted by Crippen LogP contribution is 2.29. The topological polar surface area (TPSA) is 42.0 Å². The Balaban J connectivity index is 1.46. The predicted octanol–water partition coefficient (Wildman–Crippen LogP) is 6.69. The maximum atomic E-state index is 13.4. The molecule has 0 saturated heterocycles. The number of rotatable bonds is 7. The van der Waals surface area contributed by atoms with Crippen molar-refractivity contribution in [2.45, 2.75) is 18.8 Å². The average Bonchev–Trinajstić information content (AvgIpc) is 3.20. The van der Waals surface area contributed by atoms with E-state index in [2.05, 4.69) is 10.3 Å². The molecule has 0 aliphatic carbocycles. The van der Waals surface area contributed by atoms with E-state index in [4.69, 9.17) is 11.6 Å². The Kier molecular flexibility index (Phi) is 6.75. The molecule has 0 aliphatic heterocycles. The van der Waals surface area contributed by atoms with Crippen LogP contribution in [0, 0.1) is 5.82 Å². The number of carbonyl (C=O) groups excluding carboxylic acids is 1. The Morgan fingerprint density at radius 2 is 1.74 bits per heavy atom. The van der Waals surface area contributed by atoms with Gasteiger partial charge in [-0.3, -0.25) is 4.79 Å². The number of nitrogens with zero attached hydrogens (tertiary/aromatic N) is 1. The highest BCUT2D eigenvalue weighted by atomic mass is 35.5. The monoisotopic (exact) mass is 450 g/mol. The van der Waals surface area contributed by atoms with Gasteiger partial charge in [-0.05, 0) is 41.0 Å². The van der Waals surface area contributed by atoms with E-state index in [1.54, 1.807) is 18.3 Å². The molecule has 1 unspecified atom stereocenters. The Hall–Kier alpha value is -3.02. The molecule has 4 aromatic rings. The number of nitrogens with one attached hydrogen (secondary N) is 1. The van der Waals surface area contributed by atoms with Crippen molar-refractivity contribution >= 4 is 34.0 Å². The van der Waals surface area contributed by atoms with Gasteiger partial charge >= 0.3 is 0 Å². The van der Waals surface area contributed by atoms with Crippen molar-refractivity contribution in [1.29, 1.82) is 0 Å². The summed E-state index contributed by atoms with van der Waals surface area (Å²) < 4.78 is 13.4. The zero-order valence-electron chi connectivity index (χ0n) is 16.6. The fourth-order valence-corrected chi connectivity index (χ4v) is 4.54. The third-order valence-corrected chi connectivity index (χ3v) is 6.08. The van der Waals surface area contributed by atoms with E-state index in [1.807, 2.05) is 54.6 Å². The fourth-order valence-electron chi connectivity index (χ4n) is 3.46. The van der Waals surface area contributed by atoms with Gasteiger partial charge in [-0.2, -0.15) is 0 Å². The van der Waals surface area contributed by atoms with Crippen LogP contribution in [0.3, 0.4) is 0 Å². The van der Waals surface area contributed by atoms with Crippen LogP contribution in [-0.4, -0.2) is 10.9 Å². The van der Waals surface area contributed by atoms with E-state index in [0.717, 1.165) is 21.6 Å². The number of thiazole rings is 1. The van der Waals surface area contributed by atoms with Gasteiger partial charge < -0.3 is 5.32 Å². The summed E-state index contributed by atoms with van der Waals surface area (Å²) in [6, 6.07) is 23.8. The van der Waals surface area contributed by atoms with Crippen LogP contribution in [-0.2, 0) is 11.2 Å². The molecule has 4 rings (SSSR count). The van der Waals surface area contributed by atoms with Gasteiger partial charge in [-0.15, -0.1) is 11.3 Å². The molecule has 6 heteroatoms. The van der Waals surface area contributed by atoms with Crippen LogP contribution in [0.25, 0.3) is 0 Å². The molecule has 0 bridgehead atoms. The van der Waals surface area contributed by atoms with Crippen LogP contribution in [0.2, 0.25) is 5.02 Å². The second-order valence-corrected chi connectivity index (χ2v) is 8.76. The first-order valence-electron chi connectivity index (χ1n) is 9.86.